The van der Waals surface area contributed by atoms with Gasteiger partial charge in [-0.25, -0.2) is 22.8 Å². The zero-order valence-corrected chi connectivity index (χ0v) is 17.7. The number of halogens is 1. The number of hydrogen-bond donors (Lipinski definition) is 1. The molecule has 0 aliphatic carbocycles. The van der Waals surface area contributed by atoms with Gasteiger partial charge in [-0.15, -0.1) is 0 Å². The third-order valence-corrected chi connectivity index (χ3v) is 7.16. The number of fused-ring (bicyclic) bond motifs is 1. The number of nitrogens with zero attached hydrogens (tertiary/aromatic N) is 5. The monoisotopic (exact) mass is 430 g/mol. The molecule has 158 valence electrons. The largest absolute Gasteiger partial charge is 0.371 e. The third kappa shape index (κ3) is 3.80. The number of nitrogens with one attached hydrogen (secondary N) is 1. The molecule has 0 bridgehead atoms. The second-order valence-corrected chi connectivity index (χ2v) is 9.24. The number of hydrogen-bond acceptors (Lipinski definition) is 7. The average molecular weight is 431 g/mol. The fraction of sp³-hybridized carbons (Fsp3) is 0.350. The van der Waals surface area contributed by atoms with E-state index >= 15 is 0 Å². The van der Waals surface area contributed by atoms with Crippen molar-refractivity contribution in [1.29, 1.82) is 0 Å². The Bertz CT molecular complexity index is 1180. The molecule has 30 heavy (non-hydrogen) atoms. The van der Waals surface area contributed by atoms with E-state index in [0.29, 0.717) is 60.0 Å². The molecule has 3 heterocycles. The maximum atomic E-state index is 15.0. The van der Waals surface area contributed by atoms with Crippen molar-refractivity contribution in [3.63, 3.8) is 0 Å². The van der Waals surface area contributed by atoms with E-state index in [-0.39, 0.29) is 11.6 Å². The van der Waals surface area contributed by atoms with E-state index in [9.17, 15) is 12.8 Å². The van der Waals surface area contributed by atoms with Gasteiger partial charge in [0.05, 0.1) is 22.7 Å². The minimum absolute atomic E-state index is 0.0772. The lowest BCUT2D eigenvalue weighted by Crippen LogP contribution is -2.49. The Labute approximate surface area is 174 Å². The smallest absolute Gasteiger partial charge is 0.213 e. The zero-order valence-electron chi connectivity index (χ0n) is 16.8. The summed E-state index contributed by atoms with van der Waals surface area (Å²) >= 11 is 0. The molecule has 0 unspecified atom stereocenters. The normalized spacial score (nSPS) is 15.5. The number of anilines is 2. The van der Waals surface area contributed by atoms with Gasteiger partial charge in [-0.3, -0.25) is 4.98 Å². The fourth-order valence-electron chi connectivity index (χ4n) is 3.61. The lowest BCUT2D eigenvalue weighted by Gasteiger charge is -2.35. The van der Waals surface area contributed by atoms with Gasteiger partial charge in [0.2, 0.25) is 10.0 Å². The lowest BCUT2D eigenvalue weighted by atomic mass is 10.1. The van der Waals surface area contributed by atoms with Gasteiger partial charge in [0.1, 0.15) is 11.3 Å². The summed E-state index contributed by atoms with van der Waals surface area (Å²) in [6.45, 7) is 3.24. The summed E-state index contributed by atoms with van der Waals surface area (Å²) in [4.78, 5) is 15.0. The van der Waals surface area contributed by atoms with Gasteiger partial charge >= 0.3 is 0 Å². The molecular formula is C20H23FN6O2S. The number of piperazine rings is 1. The van der Waals surface area contributed by atoms with Crippen LogP contribution in [0.5, 0.6) is 0 Å². The van der Waals surface area contributed by atoms with E-state index in [1.54, 1.807) is 38.5 Å². The molecule has 4 rings (SSSR count). The van der Waals surface area contributed by atoms with Crippen LogP contribution in [0, 0.1) is 5.82 Å². The molecule has 0 spiro atoms. The molecule has 1 aromatic carbocycles. The maximum Gasteiger partial charge on any atom is 0.213 e. The number of aromatic nitrogens is 3. The quantitative estimate of drug-likeness (QED) is 0.664. The first-order valence-electron chi connectivity index (χ1n) is 9.75. The molecule has 8 nitrogen and oxygen atoms in total. The summed E-state index contributed by atoms with van der Waals surface area (Å²) in [5, 5.41) is 3.01. The Morgan fingerprint density at radius 3 is 2.50 bits per heavy atom. The van der Waals surface area contributed by atoms with E-state index in [0.717, 1.165) is 0 Å². The number of sulfonamides is 1. The van der Waals surface area contributed by atoms with Crippen LogP contribution in [0.3, 0.4) is 0 Å². The molecule has 2 aromatic heterocycles. The predicted octanol–water partition coefficient (Wildman–Crippen LogP) is 2.34. The minimum atomic E-state index is -3.22. The summed E-state index contributed by atoms with van der Waals surface area (Å²) in [7, 11) is -1.46. The molecule has 1 aliphatic heterocycles. The van der Waals surface area contributed by atoms with E-state index in [1.807, 2.05) is 11.0 Å². The Balaban J connectivity index is 1.60. The summed E-state index contributed by atoms with van der Waals surface area (Å²) in [5.74, 6) is 0.285. The second kappa shape index (κ2) is 8.11. The number of pyridine rings is 1. The topological polar surface area (TPSA) is 91.3 Å². The van der Waals surface area contributed by atoms with Crippen LogP contribution in [-0.2, 0) is 10.0 Å². The molecule has 0 atom stereocenters. The SMILES string of the molecule is CCS(=O)(=O)N1CCN(c2ccc(-c3cc4nccnc4c(NC)n3)cc2F)CC1. The molecule has 0 radical (unpaired) electrons. The van der Waals surface area contributed by atoms with Gasteiger partial charge in [0.15, 0.2) is 5.82 Å². The van der Waals surface area contributed by atoms with Gasteiger partial charge in [-0.05, 0) is 25.1 Å². The van der Waals surface area contributed by atoms with Gasteiger partial charge in [-0.2, -0.15) is 4.31 Å². The third-order valence-electron chi connectivity index (χ3n) is 5.27. The Morgan fingerprint density at radius 2 is 1.83 bits per heavy atom. The maximum absolute atomic E-state index is 15.0. The highest BCUT2D eigenvalue weighted by Crippen LogP contribution is 2.29. The molecule has 0 saturated carbocycles. The predicted molar refractivity (Wildman–Crippen MR) is 116 cm³/mol. The van der Waals surface area contributed by atoms with Crippen molar-refractivity contribution < 1.29 is 12.8 Å². The Morgan fingerprint density at radius 1 is 1.10 bits per heavy atom. The van der Waals surface area contributed by atoms with Crippen molar-refractivity contribution in [3.8, 4) is 11.3 Å². The Hall–Kier alpha value is -2.85. The first-order valence-corrected chi connectivity index (χ1v) is 11.4. The Kier molecular flexibility index (Phi) is 5.52. The fourth-order valence-corrected chi connectivity index (χ4v) is 4.69. The number of rotatable bonds is 5. The zero-order chi connectivity index (χ0) is 21.3. The van der Waals surface area contributed by atoms with Crippen molar-refractivity contribution in [2.75, 3.05) is 49.2 Å². The molecule has 1 saturated heterocycles. The van der Waals surface area contributed by atoms with Crippen LogP contribution in [0.2, 0.25) is 0 Å². The van der Waals surface area contributed by atoms with Crippen molar-refractivity contribution in [3.05, 3.63) is 42.5 Å². The van der Waals surface area contributed by atoms with Gasteiger partial charge in [0.25, 0.3) is 0 Å². The van der Waals surface area contributed by atoms with Crippen molar-refractivity contribution in [1.82, 2.24) is 19.3 Å². The van der Waals surface area contributed by atoms with Crippen LogP contribution in [0.1, 0.15) is 6.92 Å². The van der Waals surface area contributed by atoms with Crippen molar-refractivity contribution >= 4 is 32.6 Å². The van der Waals surface area contributed by atoms with Crippen LogP contribution in [0.25, 0.3) is 22.3 Å². The first-order chi connectivity index (χ1) is 14.4. The van der Waals surface area contributed by atoms with Gasteiger partial charge < -0.3 is 10.2 Å². The van der Waals surface area contributed by atoms with Crippen LogP contribution >= 0.6 is 0 Å². The minimum Gasteiger partial charge on any atom is -0.371 e. The first kappa shape index (κ1) is 20.4. The summed E-state index contributed by atoms with van der Waals surface area (Å²) in [5.41, 5.74) is 3.01. The molecule has 1 fully saturated rings. The average Bonchev–Trinajstić information content (AvgIpc) is 2.78. The van der Waals surface area contributed by atoms with Crippen LogP contribution < -0.4 is 10.2 Å². The molecule has 1 N–H and O–H groups in total. The molecule has 3 aromatic rings. The van der Waals surface area contributed by atoms with Crippen molar-refractivity contribution in [2.24, 2.45) is 0 Å². The molecule has 10 heteroatoms. The summed E-state index contributed by atoms with van der Waals surface area (Å²) in [6, 6.07) is 6.77. The van der Waals surface area contributed by atoms with E-state index in [4.69, 9.17) is 0 Å². The molecular weight excluding hydrogens is 407 g/mol. The molecule has 0 amide bonds. The highest BCUT2D eigenvalue weighted by Gasteiger charge is 2.26. The van der Waals surface area contributed by atoms with E-state index in [2.05, 4.69) is 20.3 Å². The summed E-state index contributed by atoms with van der Waals surface area (Å²) in [6.07, 6.45) is 3.21. The van der Waals surface area contributed by atoms with Crippen LogP contribution in [-0.4, -0.2) is 66.7 Å². The van der Waals surface area contributed by atoms with E-state index in [1.165, 1.54) is 10.4 Å². The van der Waals surface area contributed by atoms with Gasteiger partial charge in [0, 0.05) is 51.2 Å². The van der Waals surface area contributed by atoms with E-state index < -0.39 is 10.0 Å². The summed E-state index contributed by atoms with van der Waals surface area (Å²) < 4.78 is 40.5. The second-order valence-electron chi connectivity index (χ2n) is 6.98. The van der Waals surface area contributed by atoms with Crippen LogP contribution in [0.15, 0.2) is 36.7 Å². The highest BCUT2D eigenvalue weighted by molar-refractivity contribution is 7.89. The van der Waals surface area contributed by atoms with Gasteiger partial charge in [-0.1, -0.05) is 6.07 Å². The highest BCUT2D eigenvalue weighted by atomic mass is 32.2. The van der Waals surface area contributed by atoms with Crippen LogP contribution in [0.4, 0.5) is 15.9 Å². The lowest BCUT2D eigenvalue weighted by molar-refractivity contribution is 0.384. The molecule has 1 aliphatic rings. The van der Waals surface area contributed by atoms with Crippen molar-refractivity contribution in [2.45, 2.75) is 6.92 Å². The standard InChI is InChI=1S/C20H23FN6O2S/c1-3-30(28,29)27-10-8-26(9-11-27)18-5-4-14(12-15(18)21)16-13-17-19(20(22-2)25-16)24-7-6-23-17/h4-7,12-13H,3,8-11H2,1-2H3,(H,22,25). The number of benzene rings is 1.